The van der Waals surface area contributed by atoms with Gasteiger partial charge >= 0.3 is 5.97 Å². The molecule has 0 aliphatic heterocycles. The summed E-state index contributed by atoms with van der Waals surface area (Å²) in [6.07, 6.45) is 3.47. The first-order chi connectivity index (χ1) is 9.54. The summed E-state index contributed by atoms with van der Waals surface area (Å²) in [5.41, 5.74) is 2.26. The topological polar surface area (TPSA) is 68.0 Å². The SMILES string of the molecule is Cn1cc(-c2cc(C(=O)O)c3ccc(Br)cc3n2)cn1. The molecule has 100 valence electrons. The van der Waals surface area contributed by atoms with Crippen LogP contribution in [0.15, 0.2) is 41.1 Å². The van der Waals surface area contributed by atoms with Crippen LogP contribution >= 0.6 is 15.9 Å². The summed E-state index contributed by atoms with van der Waals surface area (Å²) >= 11 is 3.38. The number of benzene rings is 1. The van der Waals surface area contributed by atoms with Crippen LogP contribution in [0.25, 0.3) is 22.2 Å². The zero-order valence-corrected chi connectivity index (χ0v) is 12.1. The Kier molecular flexibility index (Phi) is 3.02. The molecule has 0 saturated heterocycles. The predicted molar refractivity (Wildman–Crippen MR) is 78.6 cm³/mol. The van der Waals surface area contributed by atoms with E-state index in [0.717, 1.165) is 10.0 Å². The standard InChI is InChI=1S/C14H10BrN3O2/c1-18-7-8(6-16-18)12-5-11(14(19)20)10-3-2-9(15)4-13(10)17-12/h2-7H,1H3,(H,19,20). The Morgan fingerprint density at radius 3 is 2.80 bits per heavy atom. The van der Waals surface area contributed by atoms with Crippen molar-refractivity contribution in [1.29, 1.82) is 0 Å². The molecular weight excluding hydrogens is 322 g/mol. The minimum Gasteiger partial charge on any atom is -0.478 e. The predicted octanol–water partition coefficient (Wildman–Crippen LogP) is 3.10. The van der Waals surface area contributed by atoms with Gasteiger partial charge in [0.2, 0.25) is 0 Å². The van der Waals surface area contributed by atoms with E-state index in [1.807, 2.05) is 6.07 Å². The third-order valence-corrected chi connectivity index (χ3v) is 3.50. The molecule has 6 heteroatoms. The maximum Gasteiger partial charge on any atom is 0.336 e. The van der Waals surface area contributed by atoms with Crippen LogP contribution in [0.4, 0.5) is 0 Å². The van der Waals surface area contributed by atoms with Crippen molar-refractivity contribution in [2.75, 3.05) is 0 Å². The minimum atomic E-state index is -0.968. The number of carboxylic acid groups (broad SMARTS) is 1. The third-order valence-electron chi connectivity index (χ3n) is 3.00. The second-order valence-corrected chi connectivity index (χ2v) is 5.34. The van der Waals surface area contributed by atoms with Gasteiger partial charge in [0.25, 0.3) is 0 Å². The molecule has 0 bridgehead atoms. The quantitative estimate of drug-likeness (QED) is 0.783. The van der Waals surface area contributed by atoms with E-state index in [1.54, 1.807) is 42.3 Å². The summed E-state index contributed by atoms with van der Waals surface area (Å²) in [5, 5.41) is 14.1. The van der Waals surface area contributed by atoms with Crippen molar-refractivity contribution in [1.82, 2.24) is 14.8 Å². The lowest BCUT2D eigenvalue weighted by Crippen LogP contribution is -2.00. The number of carbonyl (C=O) groups is 1. The maximum atomic E-state index is 11.4. The number of aromatic nitrogens is 3. The molecule has 20 heavy (non-hydrogen) atoms. The summed E-state index contributed by atoms with van der Waals surface area (Å²) in [6.45, 7) is 0. The number of hydrogen-bond acceptors (Lipinski definition) is 3. The van der Waals surface area contributed by atoms with Gasteiger partial charge < -0.3 is 5.11 Å². The lowest BCUT2D eigenvalue weighted by molar-refractivity contribution is 0.0699. The van der Waals surface area contributed by atoms with Crippen molar-refractivity contribution in [3.05, 3.63) is 46.7 Å². The molecule has 0 unspecified atom stereocenters. The second kappa shape index (κ2) is 4.72. The highest BCUT2D eigenvalue weighted by Gasteiger charge is 2.13. The highest BCUT2D eigenvalue weighted by atomic mass is 79.9. The van der Waals surface area contributed by atoms with Crippen molar-refractivity contribution in [2.24, 2.45) is 7.05 Å². The lowest BCUT2D eigenvalue weighted by Gasteiger charge is -2.06. The first-order valence-corrected chi connectivity index (χ1v) is 6.66. The molecule has 3 aromatic rings. The van der Waals surface area contributed by atoms with Gasteiger partial charge in [-0.1, -0.05) is 22.0 Å². The third kappa shape index (κ3) is 2.18. The number of halogens is 1. The molecular formula is C14H10BrN3O2. The Morgan fingerprint density at radius 2 is 2.15 bits per heavy atom. The number of aromatic carboxylic acids is 1. The van der Waals surface area contributed by atoms with Gasteiger partial charge in [-0.3, -0.25) is 4.68 Å². The van der Waals surface area contributed by atoms with Gasteiger partial charge in [-0.15, -0.1) is 0 Å². The number of nitrogens with zero attached hydrogens (tertiary/aromatic N) is 3. The Morgan fingerprint density at radius 1 is 1.35 bits per heavy atom. The Labute approximate surface area is 123 Å². The Hall–Kier alpha value is -2.21. The van der Waals surface area contributed by atoms with Crippen molar-refractivity contribution in [2.45, 2.75) is 0 Å². The van der Waals surface area contributed by atoms with E-state index in [2.05, 4.69) is 26.0 Å². The van der Waals surface area contributed by atoms with Crippen molar-refractivity contribution in [3.8, 4) is 11.3 Å². The van der Waals surface area contributed by atoms with E-state index in [0.29, 0.717) is 16.6 Å². The minimum absolute atomic E-state index is 0.237. The van der Waals surface area contributed by atoms with Crippen LogP contribution in [0.1, 0.15) is 10.4 Å². The van der Waals surface area contributed by atoms with Crippen LogP contribution in [0.3, 0.4) is 0 Å². The van der Waals surface area contributed by atoms with Crippen LogP contribution < -0.4 is 0 Å². The number of rotatable bonds is 2. The van der Waals surface area contributed by atoms with Crippen molar-refractivity contribution in [3.63, 3.8) is 0 Å². The number of hydrogen-bond donors (Lipinski definition) is 1. The summed E-state index contributed by atoms with van der Waals surface area (Å²) < 4.78 is 2.51. The average Bonchev–Trinajstić information content (AvgIpc) is 2.83. The number of carboxylic acids is 1. The molecule has 0 spiro atoms. The summed E-state index contributed by atoms with van der Waals surface area (Å²) in [7, 11) is 1.80. The summed E-state index contributed by atoms with van der Waals surface area (Å²) in [4.78, 5) is 15.9. The second-order valence-electron chi connectivity index (χ2n) is 4.42. The molecule has 1 N–H and O–H groups in total. The van der Waals surface area contributed by atoms with Gasteiger partial charge in [0, 0.05) is 28.7 Å². The van der Waals surface area contributed by atoms with Gasteiger partial charge in [-0.05, 0) is 18.2 Å². The Bertz CT molecular complexity index is 826. The highest BCUT2D eigenvalue weighted by molar-refractivity contribution is 9.10. The van der Waals surface area contributed by atoms with E-state index in [-0.39, 0.29) is 5.56 Å². The molecule has 5 nitrogen and oxygen atoms in total. The normalized spacial score (nSPS) is 10.9. The monoisotopic (exact) mass is 331 g/mol. The van der Waals surface area contributed by atoms with E-state index < -0.39 is 5.97 Å². The van der Waals surface area contributed by atoms with E-state index in [4.69, 9.17) is 0 Å². The van der Waals surface area contributed by atoms with Crippen LogP contribution in [-0.2, 0) is 7.05 Å². The fourth-order valence-electron chi connectivity index (χ4n) is 2.08. The molecule has 0 radical (unpaired) electrons. The van der Waals surface area contributed by atoms with Gasteiger partial charge in [-0.25, -0.2) is 9.78 Å². The molecule has 0 aliphatic carbocycles. The molecule has 2 aromatic heterocycles. The maximum absolute atomic E-state index is 11.4. The molecule has 0 atom stereocenters. The van der Waals surface area contributed by atoms with E-state index in [9.17, 15) is 9.90 Å². The van der Waals surface area contributed by atoms with Gasteiger partial charge in [0.1, 0.15) is 0 Å². The molecule has 0 fully saturated rings. The smallest absolute Gasteiger partial charge is 0.336 e. The van der Waals surface area contributed by atoms with Crippen molar-refractivity contribution < 1.29 is 9.90 Å². The summed E-state index contributed by atoms with van der Waals surface area (Å²) in [5.74, 6) is -0.968. The number of aryl methyl sites for hydroxylation is 1. The lowest BCUT2D eigenvalue weighted by atomic mass is 10.1. The Balaban J connectivity index is 2.32. The molecule has 2 heterocycles. The van der Waals surface area contributed by atoms with Crippen molar-refractivity contribution >= 4 is 32.8 Å². The molecule has 0 aliphatic rings. The average molecular weight is 332 g/mol. The van der Waals surface area contributed by atoms with Crippen LogP contribution in [0, 0.1) is 0 Å². The summed E-state index contributed by atoms with van der Waals surface area (Å²) in [6, 6.07) is 6.94. The molecule has 0 amide bonds. The zero-order chi connectivity index (χ0) is 14.3. The molecule has 3 rings (SSSR count). The number of pyridine rings is 1. The molecule has 1 aromatic carbocycles. The van der Waals surface area contributed by atoms with Gasteiger partial charge in [0.15, 0.2) is 0 Å². The molecule has 0 saturated carbocycles. The van der Waals surface area contributed by atoms with E-state index >= 15 is 0 Å². The fourth-order valence-corrected chi connectivity index (χ4v) is 2.43. The number of fused-ring (bicyclic) bond motifs is 1. The zero-order valence-electron chi connectivity index (χ0n) is 10.5. The first-order valence-electron chi connectivity index (χ1n) is 5.87. The van der Waals surface area contributed by atoms with Crippen LogP contribution in [-0.4, -0.2) is 25.8 Å². The van der Waals surface area contributed by atoms with Crippen LogP contribution in [0.2, 0.25) is 0 Å². The first kappa shape index (κ1) is 12.8. The van der Waals surface area contributed by atoms with E-state index in [1.165, 1.54) is 0 Å². The van der Waals surface area contributed by atoms with Crippen LogP contribution in [0.5, 0.6) is 0 Å². The largest absolute Gasteiger partial charge is 0.478 e. The fraction of sp³-hybridized carbons (Fsp3) is 0.0714. The van der Waals surface area contributed by atoms with Gasteiger partial charge in [0.05, 0.1) is 23.0 Å². The highest BCUT2D eigenvalue weighted by Crippen LogP contribution is 2.26. The van der Waals surface area contributed by atoms with Gasteiger partial charge in [-0.2, -0.15) is 5.10 Å².